The van der Waals surface area contributed by atoms with E-state index in [9.17, 15) is 9.47 Å². The third-order valence-electron chi connectivity index (χ3n) is 4.60. The van der Waals surface area contributed by atoms with Crippen LogP contribution < -0.4 is 5.32 Å². The number of benzene rings is 1. The molecular weight excluding hydrogens is 296 g/mol. The summed E-state index contributed by atoms with van der Waals surface area (Å²) >= 11 is 0. The van der Waals surface area contributed by atoms with Crippen molar-refractivity contribution in [1.82, 2.24) is 5.32 Å². The fourth-order valence-electron chi connectivity index (χ4n) is 3.33. The van der Waals surface area contributed by atoms with Crippen LogP contribution in [-0.4, -0.2) is 27.8 Å². The zero-order valence-electron chi connectivity index (χ0n) is 12.9. The van der Waals surface area contributed by atoms with Crippen molar-refractivity contribution in [3.8, 4) is 6.07 Å². The van der Waals surface area contributed by atoms with Crippen LogP contribution in [0.4, 0.5) is 0 Å². The van der Waals surface area contributed by atoms with Crippen LogP contribution in [0.25, 0.3) is 0 Å². The number of nitriles is 1. The van der Waals surface area contributed by atoms with Crippen molar-refractivity contribution in [3.63, 3.8) is 0 Å². The molecule has 1 aromatic carbocycles. The van der Waals surface area contributed by atoms with E-state index in [0.29, 0.717) is 6.61 Å². The first-order valence-electron chi connectivity index (χ1n) is 7.86. The zero-order chi connectivity index (χ0) is 15.6. The third kappa shape index (κ3) is 3.10. The second-order valence-electron chi connectivity index (χ2n) is 6.47. The van der Waals surface area contributed by atoms with Gasteiger partial charge in [0.2, 0.25) is 0 Å². The molecule has 0 radical (unpaired) electrons. The summed E-state index contributed by atoms with van der Waals surface area (Å²) in [4.78, 5) is 0.770. The summed E-state index contributed by atoms with van der Waals surface area (Å²) in [6.07, 6.45) is 5.34. The van der Waals surface area contributed by atoms with Gasteiger partial charge in [-0.25, -0.2) is 0 Å². The van der Waals surface area contributed by atoms with Gasteiger partial charge >= 0.3 is 0 Å². The lowest BCUT2D eigenvalue weighted by Gasteiger charge is -2.34. The highest BCUT2D eigenvalue weighted by Gasteiger charge is 2.50. The Balaban J connectivity index is 1.73. The van der Waals surface area contributed by atoms with E-state index in [1.165, 1.54) is 6.42 Å². The predicted molar refractivity (Wildman–Crippen MR) is 85.7 cm³/mol. The Bertz CT molecular complexity index is 602. The summed E-state index contributed by atoms with van der Waals surface area (Å²) in [5.41, 5.74) is -0.0716. The summed E-state index contributed by atoms with van der Waals surface area (Å²) in [7, 11) is -1.21. The van der Waals surface area contributed by atoms with Gasteiger partial charge in [-0.15, -0.1) is 0 Å². The molecule has 1 unspecified atom stereocenters. The number of rotatable bonds is 3. The van der Waals surface area contributed by atoms with Gasteiger partial charge in [0.25, 0.3) is 0 Å². The molecule has 2 atom stereocenters. The quantitative estimate of drug-likeness (QED) is 0.930. The van der Waals surface area contributed by atoms with Crippen molar-refractivity contribution in [3.05, 3.63) is 29.8 Å². The number of nitrogens with zero attached hydrogens (tertiary/aromatic N) is 1. The first-order valence-corrected chi connectivity index (χ1v) is 9.18. The van der Waals surface area contributed by atoms with Crippen molar-refractivity contribution in [1.29, 1.82) is 5.26 Å². The molecule has 2 aliphatic rings. The van der Waals surface area contributed by atoms with Crippen molar-refractivity contribution in [2.24, 2.45) is 0 Å². The van der Waals surface area contributed by atoms with Crippen LogP contribution in [0.2, 0.25) is 0 Å². The summed E-state index contributed by atoms with van der Waals surface area (Å²) < 4.78 is 18.6. The lowest BCUT2D eigenvalue weighted by Crippen LogP contribution is -2.54. The van der Waals surface area contributed by atoms with E-state index in [0.717, 1.165) is 36.1 Å². The highest BCUT2D eigenvalue weighted by atomic mass is 32.2. The maximum atomic E-state index is 12.6. The minimum atomic E-state index is -1.21. The largest absolute Gasteiger partial charge is 0.358 e. The molecule has 1 N–H and O–H groups in total. The Labute approximate surface area is 134 Å². The van der Waals surface area contributed by atoms with Gasteiger partial charge in [0.15, 0.2) is 0 Å². The molecule has 118 valence electrons. The van der Waals surface area contributed by atoms with Crippen LogP contribution in [-0.2, 0) is 15.5 Å². The summed E-state index contributed by atoms with van der Waals surface area (Å²) in [6.45, 7) is 2.32. The fraction of sp³-hybridized carbons (Fsp3) is 0.588. The van der Waals surface area contributed by atoms with Gasteiger partial charge < -0.3 is 4.74 Å². The third-order valence-corrected chi connectivity index (χ3v) is 6.15. The molecule has 1 aliphatic heterocycles. The van der Waals surface area contributed by atoms with Crippen LogP contribution in [0.3, 0.4) is 0 Å². The summed E-state index contributed by atoms with van der Waals surface area (Å²) in [5.74, 6) is 0.272. The van der Waals surface area contributed by atoms with Crippen molar-refractivity contribution >= 4 is 10.8 Å². The molecule has 1 aliphatic carbocycles. The topological polar surface area (TPSA) is 62.1 Å². The number of hydrogen-bond donors (Lipinski definition) is 1. The second kappa shape index (κ2) is 6.11. The molecule has 0 amide bonds. The van der Waals surface area contributed by atoms with Gasteiger partial charge in [-0.05, 0) is 44.7 Å². The Morgan fingerprint density at radius 1 is 1.27 bits per heavy atom. The lowest BCUT2D eigenvalue weighted by atomic mass is 9.91. The lowest BCUT2D eigenvalue weighted by molar-refractivity contribution is -0.0383. The van der Waals surface area contributed by atoms with E-state index >= 15 is 0 Å². The molecule has 0 bridgehead atoms. The van der Waals surface area contributed by atoms with E-state index in [1.807, 2.05) is 31.2 Å². The molecule has 0 aromatic heterocycles. The van der Waals surface area contributed by atoms with E-state index in [2.05, 4.69) is 11.4 Å². The molecule has 4 nitrogen and oxygen atoms in total. The Morgan fingerprint density at radius 3 is 2.59 bits per heavy atom. The molecule has 1 aromatic rings. The average Bonchev–Trinajstić information content (AvgIpc) is 2.87. The Morgan fingerprint density at radius 2 is 1.95 bits per heavy atom. The Hall–Kier alpha value is -1.22. The summed E-state index contributed by atoms with van der Waals surface area (Å²) in [5, 5.41) is 13.0. The molecule has 3 rings (SSSR count). The van der Waals surface area contributed by atoms with Gasteiger partial charge in [-0.1, -0.05) is 24.1 Å². The average molecular weight is 318 g/mol. The SMILES string of the molecule is Cc1ccc(S(=O)C[C@]2(C#N)COC3(CCCCC3)N2)cc1. The van der Waals surface area contributed by atoms with Gasteiger partial charge in [-0.3, -0.25) is 9.53 Å². The van der Waals surface area contributed by atoms with Gasteiger partial charge in [0, 0.05) is 4.90 Å². The van der Waals surface area contributed by atoms with Crippen LogP contribution >= 0.6 is 0 Å². The van der Waals surface area contributed by atoms with E-state index in [4.69, 9.17) is 4.74 Å². The van der Waals surface area contributed by atoms with E-state index in [-0.39, 0.29) is 11.5 Å². The van der Waals surface area contributed by atoms with Crippen molar-refractivity contribution < 1.29 is 8.95 Å². The minimum absolute atomic E-state index is 0.272. The fourth-order valence-corrected chi connectivity index (χ4v) is 4.60. The smallest absolute Gasteiger partial charge is 0.144 e. The van der Waals surface area contributed by atoms with Crippen molar-refractivity contribution in [2.45, 2.75) is 55.2 Å². The molecule has 1 saturated heterocycles. The summed E-state index contributed by atoms with van der Waals surface area (Å²) in [6, 6.07) is 9.99. The van der Waals surface area contributed by atoms with Gasteiger partial charge in [-0.2, -0.15) is 5.26 Å². The maximum Gasteiger partial charge on any atom is 0.144 e. The van der Waals surface area contributed by atoms with E-state index in [1.54, 1.807) is 0 Å². The maximum absolute atomic E-state index is 12.6. The molecule has 1 saturated carbocycles. The first kappa shape index (κ1) is 15.7. The van der Waals surface area contributed by atoms with E-state index < -0.39 is 16.3 Å². The Kier molecular flexibility index (Phi) is 4.35. The predicted octanol–water partition coefficient (Wildman–Crippen LogP) is 2.65. The molecule has 1 heterocycles. The molecule has 5 heteroatoms. The highest BCUT2D eigenvalue weighted by Crippen LogP contribution is 2.36. The zero-order valence-corrected chi connectivity index (χ0v) is 13.7. The standard InChI is InChI=1S/C17H22N2O2S/c1-14-5-7-15(8-6-14)22(20)13-16(11-18)12-21-17(19-16)9-3-2-4-10-17/h5-8,19H,2-4,9-10,12-13H2,1H3/t16-,22?/m0/s1. The first-order chi connectivity index (χ1) is 10.6. The van der Waals surface area contributed by atoms with Crippen LogP contribution in [0.5, 0.6) is 0 Å². The van der Waals surface area contributed by atoms with Crippen LogP contribution in [0, 0.1) is 18.3 Å². The number of hydrogen-bond acceptors (Lipinski definition) is 4. The van der Waals surface area contributed by atoms with Gasteiger partial charge in [0.1, 0.15) is 11.3 Å². The monoisotopic (exact) mass is 318 g/mol. The van der Waals surface area contributed by atoms with Crippen LogP contribution in [0.15, 0.2) is 29.2 Å². The molecular formula is C17H22N2O2S. The minimum Gasteiger partial charge on any atom is -0.358 e. The van der Waals surface area contributed by atoms with Gasteiger partial charge in [0.05, 0.1) is 29.2 Å². The molecule has 1 spiro atoms. The number of ether oxygens (including phenoxy) is 1. The normalized spacial score (nSPS) is 28.4. The second-order valence-corrected chi connectivity index (χ2v) is 7.92. The molecule has 2 fully saturated rings. The van der Waals surface area contributed by atoms with Crippen LogP contribution in [0.1, 0.15) is 37.7 Å². The number of aryl methyl sites for hydroxylation is 1. The van der Waals surface area contributed by atoms with Crippen molar-refractivity contribution in [2.75, 3.05) is 12.4 Å². The number of nitrogens with one attached hydrogen (secondary N) is 1. The molecule has 22 heavy (non-hydrogen) atoms. The highest BCUT2D eigenvalue weighted by molar-refractivity contribution is 7.85.